The zero-order chi connectivity index (χ0) is 8.53. The summed E-state index contributed by atoms with van der Waals surface area (Å²) >= 11 is 0. The van der Waals surface area contributed by atoms with Crippen LogP contribution in [0.1, 0.15) is 6.92 Å². The lowest BCUT2D eigenvalue weighted by Gasteiger charge is -1.85. The second-order valence-electron chi connectivity index (χ2n) is 1.79. The van der Waals surface area contributed by atoms with Crippen molar-refractivity contribution in [3.63, 3.8) is 0 Å². The fourth-order valence-electron chi connectivity index (χ4n) is 0.442. The van der Waals surface area contributed by atoms with Crippen molar-refractivity contribution in [3.05, 3.63) is 36.5 Å². The van der Waals surface area contributed by atoms with E-state index in [1.54, 1.807) is 12.2 Å². The number of carbonyl (C=O) groups excluding carboxylic acids is 1. The molecule has 2 nitrogen and oxygen atoms in total. The van der Waals surface area contributed by atoms with Gasteiger partial charge in [0.2, 0.25) is 0 Å². The van der Waals surface area contributed by atoms with Crippen molar-refractivity contribution in [2.75, 3.05) is 7.11 Å². The first-order valence-corrected chi connectivity index (χ1v) is 3.35. The first kappa shape index (κ1) is 9.69. The van der Waals surface area contributed by atoms with Crippen molar-refractivity contribution in [3.8, 4) is 0 Å². The number of carbonyl (C=O) groups is 1. The van der Waals surface area contributed by atoms with Gasteiger partial charge < -0.3 is 4.74 Å². The number of methoxy groups -OCH3 is 1. The van der Waals surface area contributed by atoms with Crippen LogP contribution in [0.2, 0.25) is 0 Å². The smallest absolute Gasteiger partial charge is 0.330 e. The largest absolute Gasteiger partial charge is 0.466 e. The standard InChI is InChI=1S/C9H12O2/c1-3-4-5-6-7-8-9(10)11-2/h3-8H,1-2H3/b4-3-,6-5+,8-7-. The number of rotatable bonds is 3. The average molecular weight is 152 g/mol. The molecule has 0 saturated carbocycles. The van der Waals surface area contributed by atoms with E-state index in [9.17, 15) is 4.79 Å². The van der Waals surface area contributed by atoms with Crippen molar-refractivity contribution in [2.24, 2.45) is 0 Å². The summed E-state index contributed by atoms with van der Waals surface area (Å²) in [5.41, 5.74) is 0. The maximum atomic E-state index is 10.5. The van der Waals surface area contributed by atoms with Gasteiger partial charge in [-0.15, -0.1) is 0 Å². The van der Waals surface area contributed by atoms with Gasteiger partial charge in [0.05, 0.1) is 7.11 Å². The van der Waals surface area contributed by atoms with Crippen LogP contribution in [0, 0.1) is 0 Å². The van der Waals surface area contributed by atoms with Crippen molar-refractivity contribution in [1.82, 2.24) is 0 Å². The van der Waals surface area contributed by atoms with Gasteiger partial charge in [-0.1, -0.05) is 30.4 Å². The van der Waals surface area contributed by atoms with Gasteiger partial charge >= 0.3 is 5.97 Å². The van der Waals surface area contributed by atoms with Gasteiger partial charge in [0.15, 0.2) is 0 Å². The van der Waals surface area contributed by atoms with Crippen LogP contribution in [0.4, 0.5) is 0 Å². The third-order valence-electron chi connectivity index (χ3n) is 0.959. The monoisotopic (exact) mass is 152 g/mol. The van der Waals surface area contributed by atoms with Crippen LogP contribution in [0.3, 0.4) is 0 Å². The van der Waals surface area contributed by atoms with Gasteiger partial charge in [0.25, 0.3) is 0 Å². The lowest BCUT2D eigenvalue weighted by Crippen LogP contribution is -1.92. The fraction of sp³-hybridized carbons (Fsp3) is 0.222. The number of hydrogen-bond donors (Lipinski definition) is 0. The highest BCUT2D eigenvalue weighted by molar-refractivity contribution is 5.82. The Labute approximate surface area is 66.9 Å². The normalized spacial score (nSPS) is 11.8. The molecule has 11 heavy (non-hydrogen) atoms. The predicted octanol–water partition coefficient (Wildman–Crippen LogP) is 1.85. The van der Waals surface area contributed by atoms with Crippen LogP contribution in [0.25, 0.3) is 0 Å². The number of esters is 1. The molecule has 0 aromatic heterocycles. The van der Waals surface area contributed by atoms with Crippen molar-refractivity contribution in [1.29, 1.82) is 0 Å². The molecule has 0 aromatic carbocycles. The van der Waals surface area contributed by atoms with Crippen LogP contribution in [0.5, 0.6) is 0 Å². The molecule has 0 saturated heterocycles. The zero-order valence-corrected chi connectivity index (χ0v) is 6.78. The third kappa shape index (κ3) is 6.58. The predicted molar refractivity (Wildman–Crippen MR) is 45.1 cm³/mol. The van der Waals surface area contributed by atoms with E-state index < -0.39 is 0 Å². The van der Waals surface area contributed by atoms with Gasteiger partial charge in [-0.2, -0.15) is 0 Å². The van der Waals surface area contributed by atoms with Crippen LogP contribution < -0.4 is 0 Å². The highest BCUT2D eigenvalue weighted by Crippen LogP contribution is 1.81. The van der Waals surface area contributed by atoms with Crippen LogP contribution >= 0.6 is 0 Å². The molecule has 0 N–H and O–H groups in total. The molecule has 0 amide bonds. The summed E-state index contributed by atoms with van der Waals surface area (Å²) in [7, 11) is 1.35. The molecular weight excluding hydrogens is 140 g/mol. The van der Waals surface area contributed by atoms with Gasteiger partial charge in [0, 0.05) is 6.08 Å². The molecule has 0 heterocycles. The maximum absolute atomic E-state index is 10.5. The summed E-state index contributed by atoms with van der Waals surface area (Å²) in [5.74, 6) is -0.338. The van der Waals surface area contributed by atoms with Crippen LogP contribution in [-0.4, -0.2) is 13.1 Å². The molecule has 0 aliphatic heterocycles. The summed E-state index contributed by atoms with van der Waals surface area (Å²) in [6, 6.07) is 0. The van der Waals surface area contributed by atoms with Crippen molar-refractivity contribution < 1.29 is 9.53 Å². The molecule has 0 radical (unpaired) electrons. The van der Waals surface area contributed by atoms with Gasteiger partial charge in [-0.3, -0.25) is 0 Å². The zero-order valence-electron chi connectivity index (χ0n) is 6.78. The van der Waals surface area contributed by atoms with Crippen molar-refractivity contribution >= 4 is 5.97 Å². The topological polar surface area (TPSA) is 26.3 Å². The molecule has 60 valence electrons. The minimum absolute atomic E-state index is 0.338. The Morgan fingerprint density at radius 3 is 2.36 bits per heavy atom. The second kappa shape index (κ2) is 6.81. The first-order chi connectivity index (χ1) is 5.31. The molecule has 0 spiro atoms. The molecule has 0 bridgehead atoms. The lowest BCUT2D eigenvalue weighted by molar-refractivity contribution is -0.134. The molecule has 0 aliphatic carbocycles. The molecule has 0 unspecified atom stereocenters. The number of ether oxygens (including phenoxy) is 1. The minimum atomic E-state index is -0.338. The Morgan fingerprint density at radius 1 is 1.18 bits per heavy atom. The Kier molecular flexibility index (Phi) is 5.99. The van der Waals surface area contributed by atoms with E-state index in [1.807, 2.05) is 25.2 Å². The average Bonchev–Trinajstić information content (AvgIpc) is 2.04. The molecule has 0 aliphatic rings. The van der Waals surface area contributed by atoms with Crippen LogP contribution in [-0.2, 0) is 9.53 Å². The van der Waals surface area contributed by atoms with Gasteiger partial charge in [0.1, 0.15) is 0 Å². The van der Waals surface area contributed by atoms with Gasteiger partial charge in [-0.25, -0.2) is 4.79 Å². The molecule has 2 heteroatoms. The Hall–Kier alpha value is -1.31. The van der Waals surface area contributed by atoms with E-state index in [1.165, 1.54) is 13.2 Å². The molecule has 0 rings (SSSR count). The SMILES string of the molecule is C\C=C/C=C/C=C\C(=O)OC. The van der Waals surface area contributed by atoms with Crippen molar-refractivity contribution in [2.45, 2.75) is 6.92 Å². The Bertz CT molecular complexity index is 188. The van der Waals surface area contributed by atoms with E-state index in [2.05, 4.69) is 4.74 Å². The van der Waals surface area contributed by atoms with E-state index in [-0.39, 0.29) is 5.97 Å². The minimum Gasteiger partial charge on any atom is -0.466 e. The van der Waals surface area contributed by atoms with E-state index in [0.717, 1.165) is 0 Å². The molecule has 0 fully saturated rings. The van der Waals surface area contributed by atoms with E-state index in [4.69, 9.17) is 0 Å². The summed E-state index contributed by atoms with van der Waals surface area (Å²) < 4.78 is 4.38. The Balaban J connectivity index is 3.68. The molecule has 0 aromatic rings. The summed E-state index contributed by atoms with van der Waals surface area (Å²) in [6.45, 7) is 1.92. The highest BCUT2D eigenvalue weighted by Gasteiger charge is 1.85. The summed E-state index contributed by atoms with van der Waals surface area (Å²) in [5, 5.41) is 0. The fourth-order valence-corrected chi connectivity index (χ4v) is 0.442. The maximum Gasteiger partial charge on any atom is 0.330 e. The van der Waals surface area contributed by atoms with E-state index in [0.29, 0.717) is 0 Å². The quantitative estimate of drug-likeness (QED) is 0.350. The highest BCUT2D eigenvalue weighted by atomic mass is 16.5. The van der Waals surface area contributed by atoms with E-state index >= 15 is 0 Å². The lowest BCUT2D eigenvalue weighted by atomic mass is 10.4. The second-order valence-corrected chi connectivity index (χ2v) is 1.79. The van der Waals surface area contributed by atoms with Crippen LogP contribution in [0.15, 0.2) is 36.5 Å². The molecule has 0 atom stereocenters. The third-order valence-corrected chi connectivity index (χ3v) is 0.959. The Morgan fingerprint density at radius 2 is 1.82 bits per heavy atom. The summed E-state index contributed by atoms with van der Waals surface area (Å²) in [6.07, 6.45) is 10.4. The summed E-state index contributed by atoms with van der Waals surface area (Å²) in [4.78, 5) is 10.5. The number of allylic oxidation sites excluding steroid dienone is 5. The van der Waals surface area contributed by atoms with Gasteiger partial charge in [-0.05, 0) is 6.92 Å². The molecular formula is C9H12O2. The number of hydrogen-bond acceptors (Lipinski definition) is 2. The first-order valence-electron chi connectivity index (χ1n) is 3.35.